The van der Waals surface area contributed by atoms with Crippen LogP contribution in [0.25, 0.3) is 0 Å². The van der Waals surface area contributed by atoms with Gasteiger partial charge in [0.05, 0.1) is 6.61 Å². The average Bonchev–Trinajstić information content (AvgIpc) is 2.29. The molecule has 1 rings (SSSR count). The van der Waals surface area contributed by atoms with Crippen LogP contribution in [0.3, 0.4) is 0 Å². The van der Waals surface area contributed by atoms with Crippen molar-refractivity contribution in [1.29, 1.82) is 0 Å². The Morgan fingerprint density at radius 2 is 2.12 bits per heavy atom. The summed E-state index contributed by atoms with van der Waals surface area (Å²) in [6.07, 6.45) is 2.47. The normalized spacial score (nSPS) is 28.6. The zero-order valence-electron chi connectivity index (χ0n) is 12.2. The molecule has 0 aliphatic carbocycles. The minimum atomic E-state index is 0.586. The van der Waals surface area contributed by atoms with Crippen molar-refractivity contribution in [3.63, 3.8) is 0 Å². The molecule has 1 heterocycles. The molecule has 0 aromatic rings. The topological polar surface area (TPSA) is 24.5 Å². The lowest BCUT2D eigenvalue weighted by molar-refractivity contribution is 0.0282. The van der Waals surface area contributed by atoms with Crippen LogP contribution in [0.5, 0.6) is 0 Å². The Morgan fingerprint density at radius 3 is 2.65 bits per heavy atom. The van der Waals surface area contributed by atoms with E-state index in [1.807, 2.05) is 7.11 Å². The van der Waals surface area contributed by atoms with Crippen LogP contribution in [0.15, 0.2) is 0 Å². The van der Waals surface area contributed by atoms with Crippen LogP contribution >= 0.6 is 0 Å². The van der Waals surface area contributed by atoms with Gasteiger partial charge in [-0.3, -0.25) is 4.90 Å². The predicted octanol–water partition coefficient (Wildman–Crippen LogP) is 2.12. The maximum atomic E-state index is 5.39. The van der Waals surface area contributed by atoms with Crippen molar-refractivity contribution in [1.82, 2.24) is 10.2 Å². The molecule has 1 N–H and O–H groups in total. The maximum Gasteiger partial charge on any atom is 0.0618 e. The van der Waals surface area contributed by atoms with Crippen molar-refractivity contribution < 1.29 is 4.74 Å². The minimum absolute atomic E-state index is 0.586. The lowest BCUT2D eigenvalue weighted by Crippen LogP contribution is -2.60. The number of rotatable bonds is 6. The highest BCUT2D eigenvalue weighted by molar-refractivity contribution is 4.89. The fourth-order valence-electron chi connectivity index (χ4n) is 2.74. The van der Waals surface area contributed by atoms with Crippen molar-refractivity contribution in [2.75, 3.05) is 26.8 Å². The fraction of sp³-hybridized carbons (Fsp3) is 1.00. The van der Waals surface area contributed by atoms with E-state index in [0.717, 1.165) is 19.7 Å². The molecule has 3 heteroatoms. The summed E-state index contributed by atoms with van der Waals surface area (Å²) in [5.74, 6) is 0.704. The number of ether oxygens (including phenoxy) is 1. The first-order valence-corrected chi connectivity index (χ1v) is 7.08. The Labute approximate surface area is 107 Å². The fourth-order valence-corrected chi connectivity index (χ4v) is 2.74. The van der Waals surface area contributed by atoms with Gasteiger partial charge < -0.3 is 10.1 Å². The van der Waals surface area contributed by atoms with Gasteiger partial charge in [-0.05, 0) is 19.3 Å². The molecule has 1 aliphatic heterocycles. The second-order valence-corrected chi connectivity index (χ2v) is 5.70. The first-order valence-electron chi connectivity index (χ1n) is 7.08. The molecule has 0 amide bonds. The smallest absolute Gasteiger partial charge is 0.0618 e. The Morgan fingerprint density at radius 1 is 1.41 bits per heavy atom. The van der Waals surface area contributed by atoms with E-state index in [1.54, 1.807) is 0 Å². The SMILES string of the molecule is CCCC(COC)N1CC(C(C)C)NCC1C. The van der Waals surface area contributed by atoms with Gasteiger partial charge in [0.25, 0.3) is 0 Å². The summed E-state index contributed by atoms with van der Waals surface area (Å²) in [7, 11) is 1.81. The van der Waals surface area contributed by atoms with E-state index in [-0.39, 0.29) is 0 Å². The molecule has 3 atom stereocenters. The van der Waals surface area contributed by atoms with Crippen molar-refractivity contribution in [3.05, 3.63) is 0 Å². The summed E-state index contributed by atoms with van der Waals surface area (Å²) < 4.78 is 5.39. The molecule has 0 radical (unpaired) electrons. The zero-order valence-corrected chi connectivity index (χ0v) is 12.2. The molecule has 3 nitrogen and oxygen atoms in total. The van der Waals surface area contributed by atoms with Crippen LogP contribution in [-0.4, -0.2) is 49.8 Å². The zero-order chi connectivity index (χ0) is 12.8. The van der Waals surface area contributed by atoms with Crippen molar-refractivity contribution >= 4 is 0 Å². The predicted molar refractivity (Wildman–Crippen MR) is 73.4 cm³/mol. The van der Waals surface area contributed by atoms with Crippen LogP contribution in [0.2, 0.25) is 0 Å². The first kappa shape index (κ1) is 14.9. The molecule has 0 bridgehead atoms. The molecular weight excluding hydrogens is 212 g/mol. The lowest BCUT2D eigenvalue weighted by Gasteiger charge is -2.44. The Hall–Kier alpha value is -0.120. The third kappa shape index (κ3) is 4.23. The molecule has 1 saturated heterocycles. The van der Waals surface area contributed by atoms with Gasteiger partial charge in [-0.25, -0.2) is 0 Å². The summed E-state index contributed by atoms with van der Waals surface area (Å²) in [6, 6.07) is 1.84. The number of hydrogen-bond acceptors (Lipinski definition) is 3. The van der Waals surface area contributed by atoms with Crippen molar-refractivity contribution in [2.24, 2.45) is 5.92 Å². The van der Waals surface area contributed by atoms with Gasteiger partial charge in [0.15, 0.2) is 0 Å². The van der Waals surface area contributed by atoms with E-state index in [0.29, 0.717) is 24.0 Å². The number of methoxy groups -OCH3 is 1. The van der Waals surface area contributed by atoms with E-state index in [2.05, 4.69) is 37.9 Å². The molecule has 0 aromatic heterocycles. The van der Waals surface area contributed by atoms with Gasteiger partial charge >= 0.3 is 0 Å². The van der Waals surface area contributed by atoms with Gasteiger partial charge in [-0.2, -0.15) is 0 Å². The van der Waals surface area contributed by atoms with E-state index in [4.69, 9.17) is 4.74 Å². The quantitative estimate of drug-likeness (QED) is 0.772. The van der Waals surface area contributed by atoms with E-state index < -0.39 is 0 Å². The van der Waals surface area contributed by atoms with Gasteiger partial charge in [-0.1, -0.05) is 27.2 Å². The molecule has 17 heavy (non-hydrogen) atoms. The van der Waals surface area contributed by atoms with E-state index in [1.165, 1.54) is 12.8 Å². The monoisotopic (exact) mass is 242 g/mol. The second kappa shape index (κ2) is 7.34. The highest BCUT2D eigenvalue weighted by Crippen LogP contribution is 2.18. The van der Waals surface area contributed by atoms with Gasteiger partial charge in [0.2, 0.25) is 0 Å². The van der Waals surface area contributed by atoms with Crippen LogP contribution < -0.4 is 5.32 Å². The molecule has 0 aromatic carbocycles. The summed E-state index contributed by atoms with van der Waals surface area (Å²) in [5.41, 5.74) is 0. The third-order valence-electron chi connectivity index (χ3n) is 3.90. The third-order valence-corrected chi connectivity index (χ3v) is 3.90. The first-order chi connectivity index (χ1) is 8.10. The van der Waals surface area contributed by atoms with E-state index in [9.17, 15) is 0 Å². The van der Waals surface area contributed by atoms with Crippen LogP contribution in [-0.2, 0) is 4.74 Å². The van der Waals surface area contributed by atoms with Crippen LogP contribution in [0, 0.1) is 5.92 Å². The number of hydrogen-bond donors (Lipinski definition) is 1. The van der Waals surface area contributed by atoms with Crippen LogP contribution in [0.1, 0.15) is 40.5 Å². The molecule has 3 unspecified atom stereocenters. The molecular formula is C14H30N2O. The highest BCUT2D eigenvalue weighted by Gasteiger charge is 2.31. The number of nitrogens with one attached hydrogen (secondary N) is 1. The Kier molecular flexibility index (Phi) is 6.45. The number of piperazine rings is 1. The molecule has 1 aliphatic rings. The number of nitrogens with zero attached hydrogens (tertiary/aromatic N) is 1. The summed E-state index contributed by atoms with van der Waals surface area (Å²) in [4.78, 5) is 2.65. The van der Waals surface area contributed by atoms with E-state index >= 15 is 0 Å². The lowest BCUT2D eigenvalue weighted by atomic mass is 9.97. The van der Waals surface area contributed by atoms with Crippen molar-refractivity contribution in [2.45, 2.75) is 58.7 Å². The summed E-state index contributed by atoms with van der Waals surface area (Å²) in [6.45, 7) is 12.3. The Bertz CT molecular complexity index is 202. The molecule has 0 spiro atoms. The maximum absolute atomic E-state index is 5.39. The largest absolute Gasteiger partial charge is 0.383 e. The average molecular weight is 242 g/mol. The van der Waals surface area contributed by atoms with Gasteiger partial charge in [-0.15, -0.1) is 0 Å². The molecule has 102 valence electrons. The minimum Gasteiger partial charge on any atom is -0.383 e. The van der Waals surface area contributed by atoms with Gasteiger partial charge in [0.1, 0.15) is 0 Å². The summed E-state index contributed by atoms with van der Waals surface area (Å²) in [5, 5.41) is 3.65. The molecule has 0 saturated carbocycles. The molecule has 1 fully saturated rings. The standard InChI is InChI=1S/C14H30N2O/c1-6-7-13(10-17-5)16-9-14(11(2)3)15-8-12(16)4/h11-15H,6-10H2,1-5H3. The van der Waals surface area contributed by atoms with Gasteiger partial charge in [0, 0.05) is 38.3 Å². The Balaban J connectivity index is 2.62. The van der Waals surface area contributed by atoms with Crippen LogP contribution in [0.4, 0.5) is 0 Å². The second-order valence-electron chi connectivity index (χ2n) is 5.70. The summed E-state index contributed by atoms with van der Waals surface area (Å²) >= 11 is 0. The highest BCUT2D eigenvalue weighted by atomic mass is 16.5. The van der Waals surface area contributed by atoms with Crippen molar-refractivity contribution in [3.8, 4) is 0 Å².